The molecule has 0 saturated heterocycles. The van der Waals surface area contributed by atoms with Gasteiger partial charge in [-0.3, -0.25) is 0 Å². The van der Waals surface area contributed by atoms with Gasteiger partial charge < -0.3 is 19.7 Å². The number of hydrogen-bond acceptors (Lipinski definition) is 7. The number of benzene rings is 1. The number of anilines is 2. The lowest BCUT2D eigenvalue weighted by Crippen LogP contribution is -2.33. The number of rotatable bonds is 4. The maximum absolute atomic E-state index is 5.42. The lowest BCUT2D eigenvalue weighted by Gasteiger charge is -2.29. The molecule has 1 aliphatic rings. The SMILES string of the molecule is COc1cc2c(cc1OC)CN(c1nncc(NC(C)(C)C)n1)CC2. The van der Waals surface area contributed by atoms with Crippen LogP contribution in [0.1, 0.15) is 31.9 Å². The van der Waals surface area contributed by atoms with Gasteiger partial charge in [-0.05, 0) is 50.5 Å². The van der Waals surface area contributed by atoms with E-state index in [1.165, 1.54) is 11.1 Å². The van der Waals surface area contributed by atoms with E-state index in [0.717, 1.165) is 36.8 Å². The molecule has 134 valence electrons. The molecule has 0 saturated carbocycles. The van der Waals surface area contributed by atoms with Crippen LogP contribution in [-0.2, 0) is 13.0 Å². The van der Waals surface area contributed by atoms with Gasteiger partial charge >= 0.3 is 0 Å². The third-order valence-corrected chi connectivity index (χ3v) is 4.05. The van der Waals surface area contributed by atoms with Crippen LogP contribution in [0.2, 0.25) is 0 Å². The summed E-state index contributed by atoms with van der Waals surface area (Å²) in [6.45, 7) is 7.82. The summed E-state index contributed by atoms with van der Waals surface area (Å²) in [6.07, 6.45) is 2.55. The zero-order valence-corrected chi connectivity index (χ0v) is 15.5. The maximum Gasteiger partial charge on any atom is 0.247 e. The van der Waals surface area contributed by atoms with E-state index in [9.17, 15) is 0 Å². The smallest absolute Gasteiger partial charge is 0.247 e. The molecular formula is C18H25N5O2. The number of methoxy groups -OCH3 is 2. The molecule has 0 amide bonds. The Bertz CT molecular complexity index is 758. The molecule has 2 aromatic rings. The number of fused-ring (bicyclic) bond motifs is 1. The van der Waals surface area contributed by atoms with Crippen molar-refractivity contribution < 1.29 is 9.47 Å². The van der Waals surface area contributed by atoms with Gasteiger partial charge in [-0.25, -0.2) is 0 Å². The molecule has 1 N–H and O–H groups in total. The van der Waals surface area contributed by atoms with E-state index in [2.05, 4.69) is 52.2 Å². The predicted molar refractivity (Wildman–Crippen MR) is 97.5 cm³/mol. The minimum atomic E-state index is -0.0777. The van der Waals surface area contributed by atoms with Crippen molar-refractivity contribution in [2.75, 3.05) is 31.0 Å². The summed E-state index contributed by atoms with van der Waals surface area (Å²) >= 11 is 0. The number of hydrogen-bond donors (Lipinski definition) is 1. The van der Waals surface area contributed by atoms with Crippen molar-refractivity contribution in [3.63, 3.8) is 0 Å². The van der Waals surface area contributed by atoms with Crippen molar-refractivity contribution in [1.82, 2.24) is 15.2 Å². The Labute approximate surface area is 148 Å². The minimum absolute atomic E-state index is 0.0777. The molecule has 1 aliphatic heterocycles. The topological polar surface area (TPSA) is 72.4 Å². The summed E-state index contributed by atoms with van der Waals surface area (Å²) in [6, 6.07) is 4.09. The highest BCUT2D eigenvalue weighted by Gasteiger charge is 2.22. The Kier molecular flexibility index (Phi) is 4.65. The molecule has 0 fully saturated rings. The van der Waals surface area contributed by atoms with Gasteiger partial charge in [-0.15, -0.1) is 5.10 Å². The fourth-order valence-electron chi connectivity index (χ4n) is 2.93. The van der Waals surface area contributed by atoms with Crippen molar-refractivity contribution in [2.45, 2.75) is 39.3 Å². The van der Waals surface area contributed by atoms with Crippen molar-refractivity contribution in [2.24, 2.45) is 0 Å². The zero-order valence-electron chi connectivity index (χ0n) is 15.5. The van der Waals surface area contributed by atoms with E-state index in [0.29, 0.717) is 5.95 Å². The summed E-state index contributed by atoms with van der Waals surface area (Å²) in [7, 11) is 3.31. The molecule has 1 aromatic heterocycles. The van der Waals surface area contributed by atoms with Gasteiger partial charge in [0.05, 0.1) is 20.4 Å². The van der Waals surface area contributed by atoms with Crippen molar-refractivity contribution in [3.05, 3.63) is 29.5 Å². The Morgan fingerprint density at radius 1 is 1.08 bits per heavy atom. The Morgan fingerprint density at radius 3 is 2.40 bits per heavy atom. The lowest BCUT2D eigenvalue weighted by molar-refractivity contribution is 0.353. The lowest BCUT2D eigenvalue weighted by atomic mass is 9.99. The van der Waals surface area contributed by atoms with Crippen LogP contribution in [0.15, 0.2) is 18.3 Å². The van der Waals surface area contributed by atoms with E-state index < -0.39 is 0 Å². The summed E-state index contributed by atoms with van der Waals surface area (Å²) in [4.78, 5) is 6.75. The molecule has 3 rings (SSSR count). The van der Waals surface area contributed by atoms with E-state index >= 15 is 0 Å². The summed E-state index contributed by atoms with van der Waals surface area (Å²) in [5.41, 5.74) is 2.39. The van der Waals surface area contributed by atoms with Crippen LogP contribution in [-0.4, -0.2) is 41.5 Å². The first-order valence-electron chi connectivity index (χ1n) is 8.36. The van der Waals surface area contributed by atoms with Crippen LogP contribution in [0.25, 0.3) is 0 Å². The highest BCUT2D eigenvalue weighted by molar-refractivity contribution is 5.51. The first kappa shape index (κ1) is 17.3. The second kappa shape index (κ2) is 6.74. The van der Waals surface area contributed by atoms with Gasteiger partial charge in [-0.2, -0.15) is 10.1 Å². The predicted octanol–water partition coefficient (Wildman–Crippen LogP) is 2.66. The summed E-state index contributed by atoms with van der Waals surface area (Å²) < 4.78 is 10.8. The molecule has 0 spiro atoms. The third kappa shape index (κ3) is 3.92. The number of nitrogens with one attached hydrogen (secondary N) is 1. The molecule has 0 atom stereocenters. The van der Waals surface area contributed by atoms with Crippen LogP contribution in [0.4, 0.5) is 11.8 Å². The molecule has 2 heterocycles. The van der Waals surface area contributed by atoms with Gasteiger partial charge in [0.25, 0.3) is 0 Å². The van der Waals surface area contributed by atoms with Crippen LogP contribution < -0.4 is 19.7 Å². The molecule has 0 radical (unpaired) electrons. The van der Waals surface area contributed by atoms with Crippen LogP contribution in [0.5, 0.6) is 11.5 Å². The Hall–Kier alpha value is -2.57. The fourth-order valence-corrected chi connectivity index (χ4v) is 2.93. The van der Waals surface area contributed by atoms with E-state index in [1.54, 1.807) is 20.4 Å². The molecule has 7 nitrogen and oxygen atoms in total. The van der Waals surface area contributed by atoms with Crippen molar-refractivity contribution in [3.8, 4) is 11.5 Å². The normalized spacial score (nSPS) is 14.0. The van der Waals surface area contributed by atoms with E-state index in [4.69, 9.17) is 9.47 Å². The quantitative estimate of drug-likeness (QED) is 0.915. The second-order valence-corrected chi connectivity index (χ2v) is 7.16. The maximum atomic E-state index is 5.42. The third-order valence-electron chi connectivity index (χ3n) is 4.05. The Balaban J connectivity index is 1.84. The van der Waals surface area contributed by atoms with Gasteiger partial charge in [0.1, 0.15) is 0 Å². The molecule has 7 heteroatoms. The number of aromatic nitrogens is 3. The van der Waals surface area contributed by atoms with Gasteiger partial charge in [0, 0.05) is 18.6 Å². The summed E-state index contributed by atoms with van der Waals surface area (Å²) in [5, 5.41) is 11.6. The van der Waals surface area contributed by atoms with E-state index in [-0.39, 0.29) is 5.54 Å². The van der Waals surface area contributed by atoms with Crippen molar-refractivity contribution in [1.29, 1.82) is 0 Å². The summed E-state index contributed by atoms with van der Waals surface area (Å²) in [5.74, 6) is 2.87. The number of nitrogens with zero attached hydrogens (tertiary/aromatic N) is 4. The number of ether oxygens (including phenoxy) is 2. The largest absolute Gasteiger partial charge is 0.493 e. The minimum Gasteiger partial charge on any atom is -0.493 e. The highest BCUT2D eigenvalue weighted by Crippen LogP contribution is 2.33. The average Bonchev–Trinajstić information content (AvgIpc) is 2.58. The van der Waals surface area contributed by atoms with Gasteiger partial charge in [0.2, 0.25) is 5.95 Å². The van der Waals surface area contributed by atoms with E-state index in [1.807, 2.05) is 6.07 Å². The molecule has 0 unspecified atom stereocenters. The Morgan fingerprint density at radius 2 is 1.76 bits per heavy atom. The molecule has 25 heavy (non-hydrogen) atoms. The average molecular weight is 343 g/mol. The van der Waals surface area contributed by atoms with Crippen molar-refractivity contribution >= 4 is 11.8 Å². The molecule has 1 aromatic carbocycles. The van der Waals surface area contributed by atoms with Crippen LogP contribution >= 0.6 is 0 Å². The second-order valence-electron chi connectivity index (χ2n) is 7.16. The molecule has 0 aliphatic carbocycles. The van der Waals surface area contributed by atoms with Gasteiger partial charge in [-0.1, -0.05) is 0 Å². The molecule has 0 bridgehead atoms. The first-order valence-corrected chi connectivity index (χ1v) is 8.36. The first-order chi connectivity index (χ1) is 11.9. The fraction of sp³-hybridized carbons (Fsp3) is 0.500. The molecular weight excluding hydrogens is 318 g/mol. The standard InChI is InChI=1S/C18H25N5O2/c1-18(2,3)21-16-10-19-22-17(20-16)23-7-6-12-8-14(24-4)15(25-5)9-13(12)11-23/h8-10H,6-7,11H2,1-5H3,(H,20,21,22). The van der Waals surface area contributed by atoms with Crippen LogP contribution in [0, 0.1) is 0 Å². The van der Waals surface area contributed by atoms with Gasteiger partial charge in [0.15, 0.2) is 17.3 Å². The highest BCUT2D eigenvalue weighted by atomic mass is 16.5. The van der Waals surface area contributed by atoms with Crippen LogP contribution in [0.3, 0.4) is 0 Å². The monoisotopic (exact) mass is 343 g/mol. The zero-order chi connectivity index (χ0) is 18.0.